The minimum absolute atomic E-state index is 0.185. The van der Waals surface area contributed by atoms with E-state index in [1.54, 1.807) is 0 Å². The lowest BCUT2D eigenvalue weighted by atomic mass is 10.1. The number of guanidine groups is 1. The highest BCUT2D eigenvalue weighted by atomic mass is 19.4. The van der Waals surface area contributed by atoms with Gasteiger partial charge in [-0.15, -0.1) is 0 Å². The van der Waals surface area contributed by atoms with Gasteiger partial charge >= 0.3 is 6.18 Å². The van der Waals surface area contributed by atoms with Crippen LogP contribution >= 0.6 is 0 Å². The van der Waals surface area contributed by atoms with Crippen molar-refractivity contribution in [1.29, 1.82) is 0 Å². The van der Waals surface area contributed by atoms with E-state index < -0.39 is 12.7 Å². The summed E-state index contributed by atoms with van der Waals surface area (Å²) >= 11 is 0. The maximum absolute atomic E-state index is 12.5. The normalized spacial score (nSPS) is 23.4. The Balaban J connectivity index is 1.66. The van der Waals surface area contributed by atoms with Crippen molar-refractivity contribution in [2.45, 2.75) is 64.1 Å². The molecule has 2 aliphatic rings. The summed E-state index contributed by atoms with van der Waals surface area (Å²) in [6.45, 7) is 4.79. The Hall–Kier alpha value is -1.02. The second kappa shape index (κ2) is 11.7. The van der Waals surface area contributed by atoms with Crippen LogP contribution in [-0.2, 0) is 4.74 Å². The number of halogens is 3. The summed E-state index contributed by atoms with van der Waals surface area (Å²) in [5.41, 5.74) is 0. The van der Waals surface area contributed by atoms with Gasteiger partial charge in [0.05, 0.1) is 19.3 Å². The van der Waals surface area contributed by atoms with Gasteiger partial charge in [-0.1, -0.05) is 25.7 Å². The topological polar surface area (TPSA) is 48.9 Å². The zero-order valence-electron chi connectivity index (χ0n) is 16.5. The summed E-state index contributed by atoms with van der Waals surface area (Å²) in [7, 11) is 0. The molecule has 1 heterocycles. The van der Waals surface area contributed by atoms with Crippen molar-refractivity contribution in [3.8, 4) is 0 Å². The van der Waals surface area contributed by atoms with Gasteiger partial charge in [0.25, 0.3) is 0 Å². The minimum Gasteiger partial charge on any atom is -0.376 e. The first-order valence-corrected chi connectivity index (χ1v) is 10.4. The number of rotatable bonds is 8. The van der Waals surface area contributed by atoms with Crippen LogP contribution in [0.3, 0.4) is 0 Å². The van der Waals surface area contributed by atoms with Gasteiger partial charge in [0.15, 0.2) is 5.96 Å². The molecule has 1 atom stereocenters. The lowest BCUT2D eigenvalue weighted by Crippen LogP contribution is -2.39. The quantitative estimate of drug-likeness (QED) is 0.288. The molecule has 0 aromatic carbocycles. The molecular formula is C19H35F3N4O. The lowest BCUT2D eigenvalue weighted by molar-refractivity contribution is -0.143. The van der Waals surface area contributed by atoms with Crippen molar-refractivity contribution < 1.29 is 17.9 Å². The number of likely N-dealkylation sites (tertiary alicyclic amines) is 1. The summed E-state index contributed by atoms with van der Waals surface area (Å²) in [4.78, 5) is 6.03. The molecule has 5 nitrogen and oxygen atoms in total. The molecule has 0 aromatic heterocycles. The number of alkyl halides is 3. The molecule has 158 valence electrons. The van der Waals surface area contributed by atoms with E-state index in [1.807, 2.05) is 6.92 Å². The monoisotopic (exact) mass is 392 g/mol. The van der Waals surface area contributed by atoms with Crippen LogP contribution in [0.1, 0.15) is 51.9 Å². The minimum atomic E-state index is -4.12. The van der Waals surface area contributed by atoms with Crippen LogP contribution in [0, 0.1) is 5.92 Å². The number of aliphatic imine (C=N–C) groups is 1. The molecule has 2 N–H and O–H groups in total. The number of hydrogen-bond donors (Lipinski definition) is 2. The van der Waals surface area contributed by atoms with Crippen LogP contribution in [0.25, 0.3) is 0 Å². The number of nitrogens with one attached hydrogen (secondary N) is 2. The van der Waals surface area contributed by atoms with Crippen LogP contribution < -0.4 is 10.6 Å². The summed E-state index contributed by atoms with van der Waals surface area (Å²) in [5, 5.41) is 6.46. The van der Waals surface area contributed by atoms with E-state index in [-0.39, 0.29) is 5.92 Å². The number of hydrogen-bond acceptors (Lipinski definition) is 3. The van der Waals surface area contributed by atoms with Gasteiger partial charge in [-0.05, 0) is 38.6 Å². The molecule has 0 aromatic rings. The van der Waals surface area contributed by atoms with Crippen molar-refractivity contribution in [3.05, 3.63) is 0 Å². The molecule has 0 bridgehead atoms. The van der Waals surface area contributed by atoms with Crippen LogP contribution in [-0.4, -0.2) is 69.0 Å². The Morgan fingerprint density at radius 2 is 1.85 bits per heavy atom. The third-order valence-corrected chi connectivity index (χ3v) is 5.17. The largest absolute Gasteiger partial charge is 0.401 e. The molecule has 2 rings (SSSR count). The van der Waals surface area contributed by atoms with Crippen molar-refractivity contribution in [2.75, 3.05) is 45.9 Å². The fourth-order valence-corrected chi connectivity index (χ4v) is 3.82. The Morgan fingerprint density at radius 1 is 1.11 bits per heavy atom. The number of ether oxygens (including phenoxy) is 1. The van der Waals surface area contributed by atoms with Crippen LogP contribution in [0.15, 0.2) is 4.99 Å². The molecule has 1 unspecified atom stereocenters. The smallest absolute Gasteiger partial charge is 0.376 e. The highest BCUT2D eigenvalue weighted by Crippen LogP contribution is 2.23. The average molecular weight is 393 g/mol. The van der Waals surface area contributed by atoms with E-state index >= 15 is 0 Å². The second-order valence-corrected chi connectivity index (χ2v) is 7.64. The third-order valence-electron chi connectivity index (χ3n) is 5.17. The van der Waals surface area contributed by atoms with Crippen molar-refractivity contribution >= 4 is 5.96 Å². The predicted molar refractivity (Wildman–Crippen MR) is 102 cm³/mol. The van der Waals surface area contributed by atoms with E-state index in [2.05, 4.69) is 15.6 Å². The zero-order chi connectivity index (χ0) is 19.5. The Kier molecular flexibility index (Phi) is 9.68. The highest BCUT2D eigenvalue weighted by Gasteiger charge is 2.34. The Labute approximate surface area is 161 Å². The van der Waals surface area contributed by atoms with Crippen molar-refractivity contribution in [1.82, 2.24) is 15.5 Å². The average Bonchev–Trinajstić information content (AvgIpc) is 2.87. The summed E-state index contributed by atoms with van der Waals surface area (Å²) < 4.78 is 43.4. The summed E-state index contributed by atoms with van der Waals surface area (Å²) in [5.74, 6) is 0.904. The number of nitrogens with zero attached hydrogens (tertiary/aromatic N) is 2. The van der Waals surface area contributed by atoms with E-state index in [9.17, 15) is 13.2 Å². The van der Waals surface area contributed by atoms with E-state index in [0.29, 0.717) is 38.9 Å². The van der Waals surface area contributed by atoms with Crippen molar-refractivity contribution in [3.63, 3.8) is 0 Å². The molecular weight excluding hydrogens is 357 g/mol. The Morgan fingerprint density at radius 3 is 2.52 bits per heavy atom. The molecule has 1 saturated carbocycles. The lowest BCUT2D eigenvalue weighted by Gasteiger charge is -2.18. The fourth-order valence-electron chi connectivity index (χ4n) is 3.82. The maximum atomic E-state index is 12.5. The van der Waals surface area contributed by atoms with Gasteiger partial charge in [-0.3, -0.25) is 9.89 Å². The second-order valence-electron chi connectivity index (χ2n) is 7.64. The molecule has 2 fully saturated rings. The van der Waals surface area contributed by atoms with E-state index in [4.69, 9.17) is 4.74 Å². The van der Waals surface area contributed by atoms with Crippen LogP contribution in [0.4, 0.5) is 13.2 Å². The van der Waals surface area contributed by atoms with Crippen molar-refractivity contribution in [2.24, 2.45) is 10.9 Å². The fraction of sp³-hybridized carbons (Fsp3) is 0.947. The molecule has 1 aliphatic heterocycles. The van der Waals surface area contributed by atoms with E-state index in [1.165, 1.54) is 30.6 Å². The Bertz CT molecular complexity index is 437. The standard InChI is InChI=1S/C19H35F3N4O/c1-2-23-18(24-10-12-27-17-7-5-3-4-6-8-17)25-13-16-9-11-26(14-16)15-19(20,21)22/h16-17H,2-15H2,1H3,(H2,23,24,25). The summed E-state index contributed by atoms with van der Waals surface area (Å²) in [6, 6.07) is 0. The molecule has 0 spiro atoms. The molecule has 1 saturated heterocycles. The first-order valence-electron chi connectivity index (χ1n) is 10.4. The van der Waals surface area contributed by atoms with Crippen LogP contribution in [0.2, 0.25) is 0 Å². The van der Waals surface area contributed by atoms with Gasteiger partial charge in [-0.2, -0.15) is 13.2 Å². The molecule has 8 heteroatoms. The summed E-state index contributed by atoms with van der Waals surface area (Å²) in [6.07, 6.45) is 4.49. The molecule has 0 amide bonds. The van der Waals surface area contributed by atoms with E-state index in [0.717, 1.165) is 31.8 Å². The highest BCUT2D eigenvalue weighted by molar-refractivity contribution is 5.79. The first-order chi connectivity index (χ1) is 13.0. The molecule has 27 heavy (non-hydrogen) atoms. The van der Waals surface area contributed by atoms with Gasteiger partial charge < -0.3 is 15.4 Å². The predicted octanol–water partition coefficient (Wildman–Crippen LogP) is 3.17. The first kappa shape index (κ1) is 22.3. The van der Waals surface area contributed by atoms with Gasteiger partial charge in [0.1, 0.15) is 0 Å². The molecule has 0 radical (unpaired) electrons. The maximum Gasteiger partial charge on any atom is 0.401 e. The van der Waals surface area contributed by atoms with Crippen LogP contribution in [0.5, 0.6) is 0 Å². The third kappa shape index (κ3) is 9.65. The van der Waals surface area contributed by atoms with Gasteiger partial charge in [0, 0.05) is 26.2 Å². The zero-order valence-corrected chi connectivity index (χ0v) is 16.5. The molecule has 1 aliphatic carbocycles. The van der Waals surface area contributed by atoms with Gasteiger partial charge in [-0.25, -0.2) is 0 Å². The van der Waals surface area contributed by atoms with Gasteiger partial charge in [0.2, 0.25) is 0 Å². The SMILES string of the molecule is CCNC(=NCC1CCN(CC(F)(F)F)C1)NCCOC1CCCCCC1.